The summed E-state index contributed by atoms with van der Waals surface area (Å²) in [7, 11) is 0. The van der Waals surface area contributed by atoms with Crippen molar-refractivity contribution in [1.29, 1.82) is 0 Å². The average molecular weight is 407 g/mol. The summed E-state index contributed by atoms with van der Waals surface area (Å²) in [5.74, 6) is 1.28. The van der Waals surface area contributed by atoms with Crippen LogP contribution >= 0.6 is 0 Å². The molecule has 1 aromatic carbocycles. The number of aryl methyl sites for hydroxylation is 1. The predicted octanol–water partition coefficient (Wildman–Crippen LogP) is 3.98. The molecule has 0 amide bonds. The number of aromatic amines is 2. The maximum absolute atomic E-state index is 9.69. The Balaban J connectivity index is 0.00000106. The minimum Gasteiger partial charge on any atom is -0.393 e. The number of rotatable bonds is 3. The number of aliphatic hydroxyl groups excluding tert-OH is 1. The number of piperidine rings is 1. The molecule has 30 heavy (non-hydrogen) atoms. The molecule has 158 valence electrons. The van der Waals surface area contributed by atoms with Gasteiger partial charge in [0.05, 0.1) is 11.6 Å². The SMILES string of the molecule is CC.Cc1nc2nc(N)cc(-c3cc4cc(CN5CCC(O)CC5)ccc4[nH]3)c2[nH]1. The van der Waals surface area contributed by atoms with Gasteiger partial charge < -0.3 is 20.8 Å². The van der Waals surface area contributed by atoms with Crippen LogP contribution in [0.5, 0.6) is 0 Å². The zero-order chi connectivity index (χ0) is 21.3. The fourth-order valence-electron chi connectivity index (χ4n) is 4.10. The summed E-state index contributed by atoms with van der Waals surface area (Å²) in [5.41, 5.74) is 11.9. The van der Waals surface area contributed by atoms with Crippen molar-refractivity contribution in [2.45, 2.75) is 46.3 Å². The summed E-state index contributed by atoms with van der Waals surface area (Å²) in [4.78, 5) is 17.9. The number of imidazole rings is 1. The van der Waals surface area contributed by atoms with Gasteiger partial charge in [-0.3, -0.25) is 4.90 Å². The van der Waals surface area contributed by atoms with Gasteiger partial charge in [-0.15, -0.1) is 0 Å². The van der Waals surface area contributed by atoms with Crippen LogP contribution in [0.25, 0.3) is 33.3 Å². The van der Waals surface area contributed by atoms with Crippen LogP contribution in [0.1, 0.15) is 38.1 Å². The average Bonchev–Trinajstić information content (AvgIpc) is 3.32. The molecule has 7 nitrogen and oxygen atoms in total. The molecule has 0 aliphatic carbocycles. The number of nitrogens with zero attached hydrogens (tertiary/aromatic N) is 3. The second-order valence-corrected chi connectivity index (χ2v) is 7.73. The minimum absolute atomic E-state index is 0.137. The molecule has 4 heterocycles. The van der Waals surface area contributed by atoms with Crippen molar-refractivity contribution in [3.05, 3.63) is 41.7 Å². The molecule has 0 atom stereocenters. The van der Waals surface area contributed by atoms with E-state index in [-0.39, 0.29) is 6.10 Å². The van der Waals surface area contributed by atoms with Crippen LogP contribution in [0.15, 0.2) is 30.3 Å². The lowest BCUT2D eigenvalue weighted by atomic mass is 10.1. The number of nitrogen functional groups attached to an aromatic ring is 1. The van der Waals surface area contributed by atoms with Crippen molar-refractivity contribution < 1.29 is 5.11 Å². The Morgan fingerprint density at radius 1 is 1.10 bits per heavy atom. The summed E-state index contributed by atoms with van der Waals surface area (Å²) in [6.07, 6.45) is 1.58. The monoisotopic (exact) mass is 406 g/mol. The smallest absolute Gasteiger partial charge is 0.180 e. The number of likely N-dealkylation sites (tertiary alicyclic amines) is 1. The van der Waals surface area contributed by atoms with Crippen LogP contribution in [0.2, 0.25) is 0 Å². The fourth-order valence-corrected chi connectivity index (χ4v) is 4.10. The highest BCUT2D eigenvalue weighted by Crippen LogP contribution is 2.31. The highest BCUT2D eigenvalue weighted by atomic mass is 16.3. The van der Waals surface area contributed by atoms with Gasteiger partial charge in [-0.25, -0.2) is 9.97 Å². The summed E-state index contributed by atoms with van der Waals surface area (Å²) in [5, 5.41) is 10.9. The molecule has 1 saturated heterocycles. The van der Waals surface area contributed by atoms with Crippen molar-refractivity contribution in [2.75, 3.05) is 18.8 Å². The number of aromatic nitrogens is 4. The van der Waals surface area contributed by atoms with E-state index in [0.29, 0.717) is 11.5 Å². The molecule has 1 aliphatic rings. The van der Waals surface area contributed by atoms with Crippen LogP contribution in [0.3, 0.4) is 0 Å². The van der Waals surface area contributed by atoms with E-state index in [1.54, 1.807) is 0 Å². The first kappa shape index (κ1) is 20.4. The molecular weight excluding hydrogens is 376 g/mol. The van der Waals surface area contributed by atoms with Crippen LogP contribution in [-0.4, -0.2) is 49.1 Å². The number of nitrogens with one attached hydrogen (secondary N) is 2. The third kappa shape index (κ3) is 4.04. The minimum atomic E-state index is -0.137. The largest absolute Gasteiger partial charge is 0.393 e. The van der Waals surface area contributed by atoms with Gasteiger partial charge in [-0.2, -0.15) is 0 Å². The first-order valence-electron chi connectivity index (χ1n) is 10.7. The molecule has 0 saturated carbocycles. The van der Waals surface area contributed by atoms with Crippen molar-refractivity contribution >= 4 is 27.9 Å². The number of H-pyrrole nitrogens is 2. The molecule has 0 radical (unpaired) electrons. The van der Waals surface area contributed by atoms with E-state index in [9.17, 15) is 5.11 Å². The molecule has 1 fully saturated rings. The number of anilines is 1. The van der Waals surface area contributed by atoms with Crippen molar-refractivity contribution in [3.8, 4) is 11.3 Å². The van der Waals surface area contributed by atoms with Crippen LogP contribution < -0.4 is 5.73 Å². The van der Waals surface area contributed by atoms with E-state index >= 15 is 0 Å². The van der Waals surface area contributed by atoms with Crippen molar-refractivity contribution in [2.24, 2.45) is 0 Å². The molecule has 7 heteroatoms. The molecule has 0 spiro atoms. The molecule has 4 aromatic rings. The lowest BCUT2D eigenvalue weighted by molar-refractivity contribution is 0.0792. The summed E-state index contributed by atoms with van der Waals surface area (Å²) in [6.45, 7) is 8.73. The molecule has 3 aromatic heterocycles. The number of benzene rings is 1. The van der Waals surface area contributed by atoms with Gasteiger partial charge in [0.1, 0.15) is 11.6 Å². The quantitative estimate of drug-likeness (QED) is 0.412. The Bertz CT molecular complexity index is 1150. The van der Waals surface area contributed by atoms with Gasteiger partial charge in [0.2, 0.25) is 0 Å². The fraction of sp³-hybridized carbons (Fsp3) is 0.391. The highest BCUT2D eigenvalue weighted by molar-refractivity contribution is 5.95. The van der Waals surface area contributed by atoms with E-state index in [1.807, 2.05) is 26.8 Å². The van der Waals surface area contributed by atoms with E-state index in [1.165, 1.54) is 10.9 Å². The van der Waals surface area contributed by atoms with Gasteiger partial charge in [-0.05, 0) is 49.6 Å². The lowest BCUT2D eigenvalue weighted by Gasteiger charge is -2.29. The number of nitrogens with two attached hydrogens (primary N) is 1. The Morgan fingerprint density at radius 3 is 2.63 bits per heavy atom. The number of fused-ring (bicyclic) bond motifs is 2. The van der Waals surface area contributed by atoms with E-state index in [4.69, 9.17) is 5.73 Å². The third-order valence-electron chi connectivity index (χ3n) is 5.54. The topological polar surface area (TPSA) is 107 Å². The molecule has 0 unspecified atom stereocenters. The molecule has 5 N–H and O–H groups in total. The summed E-state index contributed by atoms with van der Waals surface area (Å²) in [6, 6.07) is 10.6. The summed E-state index contributed by atoms with van der Waals surface area (Å²) >= 11 is 0. The van der Waals surface area contributed by atoms with Crippen LogP contribution in [0, 0.1) is 6.92 Å². The summed E-state index contributed by atoms with van der Waals surface area (Å²) < 4.78 is 0. The normalized spacial score (nSPS) is 15.5. The Labute approximate surface area is 176 Å². The van der Waals surface area contributed by atoms with Crippen molar-refractivity contribution in [1.82, 2.24) is 24.8 Å². The first-order chi connectivity index (χ1) is 14.5. The molecule has 1 aliphatic heterocycles. The Kier molecular flexibility index (Phi) is 5.74. The molecular formula is C23H30N6O. The second kappa shape index (κ2) is 8.45. The van der Waals surface area contributed by atoms with Gasteiger partial charge in [0, 0.05) is 41.8 Å². The molecule has 5 rings (SSSR count). The maximum Gasteiger partial charge on any atom is 0.180 e. The van der Waals surface area contributed by atoms with E-state index < -0.39 is 0 Å². The third-order valence-corrected chi connectivity index (χ3v) is 5.54. The number of hydrogen-bond donors (Lipinski definition) is 4. The molecule has 0 bridgehead atoms. The number of hydrogen-bond acceptors (Lipinski definition) is 5. The van der Waals surface area contributed by atoms with Crippen LogP contribution in [-0.2, 0) is 6.54 Å². The zero-order valence-corrected chi connectivity index (χ0v) is 17.9. The standard InChI is InChI=1S/C21H24N6O.C2H6/c1-12-23-20-16(10-19(22)26-21(20)24-12)18-9-14-8-13(2-3-17(14)25-18)11-27-6-4-15(28)5-7-27;1-2/h2-3,8-10,15,25,28H,4-7,11H2,1H3,(H3,22,23,24,26);1-2H3. The second-order valence-electron chi connectivity index (χ2n) is 7.73. The zero-order valence-electron chi connectivity index (χ0n) is 17.9. The maximum atomic E-state index is 9.69. The number of pyridine rings is 1. The first-order valence-corrected chi connectivity index (χ1v) is 10.7. The van der Waals surface area contributed by atoms with Crippen LogP contribution in [0.4, 0.5) is 5.82 Å². The van der Waals surface area contributed by atoms with Gasteiger partial charge in [0.25, 0.3) is 0 Å². The van der Waals surface area contributed by atoms with Crippen molar-refractivity contribution in [3.63, 3.8) is 0 Å². The van der Waals surface area contributed by atoms with E-state index in [0.717, 1.165) is 60.6 Å². The van der Waals surface area contributed by atoms with Gasteiger partial charge >= 0.3 is 0 Å². The lowest BCUT2D eigenvalue weighted by Crippen LogP contribution is -2.35. The van der Waals surface area contributed by atoms with Gasteiger partial charge in [-0.1, -0.05) is 19.9 Å². The number of aliphatic hydroxyl groups is 1. The highest BCUT2D eigenvalue weighted by Gasteiger charge is 2.17. The van der Waals surface area contributed by atoms with E-state index in [2.05, 4.69) is 49.1 Å². The Morgan fingerprint density at radius 2 is 1.87 bits per heavy atom. The predicted molar refractivity (Wildman–Crippen MR) is 122 cm³/mol. The Hall–Kier alpha value is -2.90. The van der Waals surface area contributed by atoms with Gasteiger partial charge in [0.15, 0.2) is 5.65 Å².